The van der Waals surface area contributed by atoms with Crippen molar-refractivity contribution in [3.8, 4) is 0 Å². The molecule has 0 spiro atoms. The highest BCUT2D eigenvalue weighted by molar-refractivity contribution is 8.13. The van der Waals surface area contributed by atoms with Gasteiger partial charge in [0.2, 0.25) is 0 Å². The Morgan fingerprint density at radius 3 is 2.42 bits per heavy atom. The predicted octanol–water partition coefficient (Wildman–Crippen LogP) is 5.50. The van der Waals surface area contributed by atoms with Gasteiger partial charge >= 0.3 is 0 Å². The third kappa shape index (κ3) is 3.98. The molecule has 1 aromatic heterocycles. The van der Waals surface area contributed by atoms with Crippen LogP contribution in [0.1, 0.15) is 10.5 Å². The number of fused-ring (bicyclic) bond motifs is 1. The minimum absolute atomic E-state index is 0.0645. The van der Waals surface area contributed by atoms with Gasteiger partial charge in [0, 0.05) is 40.6 Å². The molecule has 1 heterocycles. The molecular weight excluding hydrogens is 393 g/mol. The van der Waals surface area contributed by atoms with Crippen LogP contribution < -0.4 is 5.32 Å². The first-order chi connectivity index (χ1) is 12.3. The summed E-state index contributed by atoms with van der Waals surface area (Å²) in [6.07, 6.45) is 0. The molecule has 0 bridgehead atoms. The average Bonchev–Trinajstić information content (AvgIpc) is 2.93. The lowest BCUT2D eigenvalue weighted by molar-refractivity contribution is 0.102. The predicted molar refractivity (Wildman–Crippen MR) is 108 cm³/mol. The SMILES string of the molecule is CN(C)C(=O)Sc1ccc(NC(=O)c2[nH]c3ccc(Cl)cc3c2Cl)cc1. The van der Waals surface area contributed by atoms with E-state index >= 15 is 0 Å². The number of carbonyl (C=O) groups is 2. The molecule has 2 aromatic carbocycles. The van der Waals surface area contributed by atoms with Gasteiger partial charge in [0.25, 0.3) is 11.1 Å². The Labute approximate surface area is 164 Å². The summed E-state index contributed by atoms with van der Waals surface area (Å²) in [4.78, 5) is 29.5. The second-order valence-corrected chi connectivity index (χ2v) is 7.58. The molecular formula is C18H15Cl2N3O2S. The zero-order valence-electron chi connectivity index (χ0n) is 14.0. The van der Waals surface area contributed by atoms with Crippen molar-refractivity contribution in [1.82, 2.24) is 9.88 Å². The van der Waals surface area contributed by atoms with Crippen LogP contribution >= 0.6 is 35.0 Å². The summed E-state index contributed by atoms with van der Waals surface area (Å²) in [6, 6.07) is 12.2. The number of anilines is 1. The molecule has 3 rings (SSSR count). The maximum absolute atomic E-state index is 12.5. The maximum atomic E-state index is 12.5. The Morgan fingerprint density at radius 2 is 1.77 bits per heavy atom. The first-order valence-electron chi connectivity index (χ1n) is 7.62. The fourth-order valence-corrected chi connectivity index (χ4v) is 3.40. The van der Waals surface area contributed by atoms with Gasteiger partial charge in [-0.05, 0) is 54.2 Å². The largest absolute Gasteiger partial charge is 0.349 e. The Kier molecular flexibility index (Phi) is 5.46. The third-order valence-corrected chi connectivity index (χ3v) is 5.28. The van der Waals surface area contributed by atoms with Crippen molar-refractivity contribution in [2.24, 2.45) is 0 Å². The first kappa shape index (κ1) is 18.6. The molecule has 26 heavy (non-hydrogen) atoms. The van der Waals surface area contributed by atoms with Gasteiger partial charge in [-0.15, -0.1) is 0 Å². The number of carbonyl (C=O) groups excluding carboxylic acids is 2. The number of hydrogen-bond donors (Lipinski definition) is 2. The lowest BCUT2D eigenvalue weighted by Crippen LogP contribution is -2.16. The number of halogens is 2. The monoisotopic (exact) mass is 407 g/mol. The summed E-state index contributed by atoms with van der Waals surface area (Å²) in [5.41, 5.74) is 1.60. The molecule has 0 saturated carbocycles. The highest BCUT2D eigenvalue weighted by Gasteiger charge is 2.17. The van der Waals surface area contributed by atoms with Crippen LogP contribution in [0.5, 0.6) is 0 Å². The van der Waals surface area contributed by atoms with Crippen LogP contribution in [0.25, 0.3) is 10.9 Å². The van der Waals surface area contributed by atoms with E-state index in [0.717, 1.165) is 22.2 Å². The maximum Gasteiger partial charge on any atom is 0.285 e. The average molecular weight is 408 g/mol. The number of thioether (sulfide) groups is 1. The zero-order chi connectivity index (χ0) is 18.8. The summed E-state index contributed by atoms with van der Waals surface area (Å²) in [7, 11) is 3.39. The Balaban J connectivity index is 1.76. The highest BCUT2D eigenvalue weighted by atomic mass is 35.5. The van der Waals surface area contributed by atoms with Crippen molar-refractivity contribution < 1.29 is 9.59 Å². The molecule has 0 fully saturated rings. The van der Waals surface area contributed by atoms with Crippen LogP contribution in [0.4, 0.5) is 10.5 Å². The number of nitrogens with one attached hydrogen (secondary N) is 2. The highest BCUT2D eigenvalue weighted by Crippen LogP contribution is 2.30. The molecule has 0 aliphatic heterocycles. The quantitative estimate of drug-likeness (QED) is 0.563. The van der Waals surface area contributed by atoms with Crippen molar-refractivity contribution in [2.45, 2.75) is 4.90 Å². The van der Waals surface area contributed by atoms with Crippen LogP contribution in [-0.2, 0) is 0 Å². The molecule has 3 aromatic rings. The number of amides is 2. The molecule has 2 amide bonds. The van der Waals surface area contributed by atoms with E-state index in [1.165, 1.54) is 4.90 Å². The molecule has 0 radical (unpaired) electrons. The van der Waals surface area contributed by atoms with Gasteiger partial charge < -0.3 is 15.2 Å². The summed E-state index contributed by atoms with van der Waals surface area (Å²) >= 11 is 13.4. The molecule has 134 valence electrons. The minimum Gasteiger partial charge on any atom is -0.349 e. The smallest absolute Gasteiger partial charge is 0.285 e. The molecule has 0 atom stereocenters. The molecule has 0 aliphatic carbocycles. The number of nitrogens with zero attached hydrogens (tertiary/aromatic N) is 1. The number of aromatic nitrogens is 1. The second-order valence-electron chi connectivity index (χ2n) is 5.74. The van der Waals surface area contributed by atoms with E-state index in [1.807, 2.05) is 0 Å². The second kappa shape index (κ2) is 7.61. The van der Waals surface area contributed by atoms with Gasteiger partial charge in [0.05, 0.1) is 5.02 Å². The van der Waals surface area contributed by atoms with Crippen LogP contribution in [-0.4, -0.2) is 35.1 Å². The molecule has 5 nitrogen and oxygen atoms in total. The van der Waals surface area contributed by atoms with Crippen molar-refractivity contribution in [3.05, 3.63) is 58.2 Å². The number of benzene rings is 2. The number of aromatic amines is 1. The standard InChI is InChI=1S/C18H15Cl2N3O2S/c1-23(2)18(25)26-12-6-4-11(5-7-12)21-17(24)16-15(20)13-9-10(19)3-8-14(13)22-16/h3-9,22H,1-2H3,(H,21,24). The van der Waals surface area contributed by atoms with Gasteiger partial charge in [-0.3, -0.25) is 9.59 Å². The fourth-order valence-electron chi connectivity index (χ4n) is 2.28. The van der Waals surface area contributed by atoms with Gasteiger partial charge in [-0.25, -0.2) is 0 Å². The fraction of sp³-hybridized carbons (Fsp3) is 0.111. The van der Waals surface area contributed by atoms with E-state index in [1.54, 1.807) is 56.6 Å². The third-order valence-electron chi connectivity index (χ3n) is 3.61. The summed E-state index contributed by atoms with van der Waals surface area (Å²) in [5, 5.41) is 4.28. The minimum atomic E-state index is -0.355. The Bertz CT molecular complexity index is 984. The van der Waals surface area contributed by atoms with Crippen LogP contribution in [0.15, 0.2) is 47.4 Å². The van der Waals surface area contributed by atoms with Crippen molar-refractivity contribution in [2.75, 3.05) is 19.4 Å². The van der Waals surface area contributed by atoms with Gasteiger partial charge in [-0.2, -0.15) is 0 Å². The van der Waals surface area contributed by atoms with Crippen LogP contribution in [0, 0.1) is 0 Å². The van der Waals surface area contributed by atoms with Crippen LogP contribution in [0.2, 0.25) is 10.0 Å². The van der Waals surface area contributed by atoms with Crippen LogP contribution in [0.3, 0.4) is 0 Å². The lowest BCUT2D eigenvalue weighted by atomic mass is 10.2. The van der Waals surface area contributed by atoms with E-state index in [0.29, 0.717) is 21.1 Å². The van der Waals surface area contributed by atoms with Crippen molar-refractivity contribution in [1.29, 1.82) is 0 Å². The van der Waals surface area contributed by atoms with Crippen molar-refractivity contribution in [3.63, 3.8) is 0 Å². The summed E-state index contributed by atoms with van der Waals surface area (Å²) in [6.45, 7) is 0. The summed E-state index contributed by atoms with van der Waals surface area (Å²) < 4.78 is 0. The number of rotatable bonds is 3. The van der Waals surface area contributed by atoms with Gasteiger partial charge in [0.15, 0.2) is 0 Å². The van der Waals surface area contributed by atoms with E-state index < -0.39 is 0 Å². The molecule has 0 saturated heterocycles. The van der Waals surface area contributed by atoms with E-state index in [4.69, 9.17) is 23.2 Å². The van der Waals surface area contributed by atoms with E-state index in [2.05, 4.69) is 10.3 Å². The number of H-pyrrole nitrogens is 1. The zero-order valence-corrected chi connectivity index (χ0v) is 16.3. The molecule has 2 N–H and O–H groups in total. The molecule has 0 unspecified atom stereocenters. The van der Waals surface area contributed by atoms with E-state index in [-0.39, 0.29) is 16.8 Å². The molecule has 8 heteroatoms. The van der Waals surface area contributed by atoms with Gasteiger partial charge in [-0.1, -0.05) is 23.2 Å². The summed E-state index contributed by atoms with van der Waals surface area (Å²) in [5.74, 6) is -0.355. The van der Waals surface area contributed by atoms with Crippen molar-refractivity contribution >= 4 is 62.7 Å². The van der Waals surface area contributed by atoms with Gasteiger partial charge in [0.1, 0.15) is 5.69 Å². The first-order valence-corrected chi connectivity index (χ1v) is 9.19. The Morgan fingerprint density at radius 1 is 1.08 bits per heavy atom. The molecule has 0 aliphatic rings. The number of hydrogen-bond acceptors (Lipinski definition) is 3. The Hall–Kier alpha value is -2.15. The normalized spacial score (nSPS) is 10.8. The lowest BCUT2D eigenvalue weighted by Gasteiger charge is -2.09. The topological polar surface area (TPSA) is 65.2 Å². The van der Waals surface area contributed by atoms with E-state index in [9.17, 15) is 9.59 Å².